The molecule has 0 spiro atoms. The first-order valence-electron chi connectivity index (χ1n) is 5.78. The number of hydrogen-bond donors (Lipinski definition) is 2. The standard InChI is InChI=1S/C13H21N3O/c1-10-11(5-12(6-14)16(10)4)7-15-8-13(2,3)9-17/h5,15,17H,7-9H2,1-4H3. The Kier molecular flexibility index (Phi) is 4.33. The van der Waals surface area contributed by atoms with Crippen LogP contribution in [-0.2, 0) is 13.6 Å². The summed E-state index contributed by atoms with van der Waals surface area (Å²) in [6, 6.07) is 4.08. The molecule has 4 heteroatoms. The monoisotopic (exact) mass is 235 g/mol. The Balaban J connectivity index is 2.62. The van der Waals surface area contributed by atoms with Gasteiger partial charge in [0.25, 0.3) is 0 Å². The van der Waals surface area contributed by atoms with Crippen molar-refractivity contribution in [3.8, 4) is 6.07 Å². The summed E-state index contributed by atoms with van der Waals surface area (Å²) in [5.41, 5.74) is 2.81. The van der Waals surface area contributed by atoms with E-state index in [1.165, 1.54) is 0 Å². The highest BCUT2D eigenvalue weighted by Gasteiger charge is 2.16. The molecule has 0 amide bonds. The summed E-state index contributed by atoms with van der Waals surface area (Å²) in [5, 5.41) is 21.4. The molecular weight excluding hydrogens is 214 g/mol. The Morgan fingerprint density at radius 2 is 2.18 bits per heavy atom. The van der Waals surface area contributed by atoms with Crippen molar-refractivity contribution in [2.75, 3.05) is 13.2 Å². The molecule has 0 aliphatic rings. The topological polar surface area (TPSA) is 61.0 Å². The van der Waals surface area contributed by atoms with Gasteiger partial charge < -0.3 is 15.0 Å². The van der Waals surface area contributed by atoms with E-state index in [4.69, 9.17) is 10.4 Å². The van der Waals surface area contributed by atoms with Crippen molar-refractivity contribution in [3.05, 3.63) is 23.0 Å². The van der Waals surface area contributed by atoms with Gasteiger partial charge in [-0.1, -0.05) is 13.8 Å². The van der Waals surface area contributed by atoms with Crippen LogP contribution in [0.4, 0.5) is 0 Å². The van der Waals surface area contributed by atoms with Crippen LogP contribution in [0, 0.1) is 23.7 Å². The van der Waals surface area contributed by atoms with Crippen molar-refractivity contribution < 1.29 is 5.11 Å². The molecule has 1 aromatic rings. The molecule has 0 saturated heterocycles. The largest absolute Gasteiger partial charge is 0.396 e. The smallest absolute Gasteiger partial charge is 0.120 e. The summed E-state index contributed by atoms with van der Waals surface area (Å²) in [6.07, 6.45) is 0. The number of aliphatic hydroxyl groups excluding tert-OH is 1. The van der Waals surface area contributed by atoms with Crippen LogP contribution < -0.4 is 5.32 Å². The lowest BCUT2D eigenvalue weighted by Crippen LogP contribution is -2.31. The van der Waals surface area contributed by atoms with E-state index < -0.39 is 0 Å². The highest BCUT2D eigenvalue weighted by molar-refractivity contribution is 5.34. The van der Waals surface area contributed by atoms with Gasteiger partial charge in [0.1, 0.15) is 11.8 Å². The van der Waals surface area contributed by atoms with Crippen molar-refractivity contribution >= 4 is 0 Å². The third kappa shape index (κ3) is 3.32. The van der Waals surface area contributed by atoms with Gasteiger partial charge in [-0.3, -0.25) is 0 Å². The highest BCUT2D eigenvalue weighted by atomic mass is 16.3. The van der Waals surface area contributed by atoms with Crippen molar-refractivity contribution in [1.82, 2.24) is 9.88 Å². The quantitative estimate of drug-likeness (QED) is 0.809. The van der Waals surface area contributed by atoms with E-state index in [0.717, 1.165) is 24.3 Å². The van der Waals surface area contributed by atoms with Crippen molar-refractivity contribution in [2.45, 2.75) is 27.3 Å². The van der Waals surface area contributed by atoms with E-state index in [2.05, 4.69) is 11.4 Å². The lowest BCUT2D eigenvalue weighted by Gasteiger charge is -2.21. The summed E-state index contributed by atoms with van der Waals surface area (Å²) in [5.74, 6) is 0. The van der Waals surface area contributed by atoms with E-state index >= 15 is 0 Å². The molecule has 0 aromatic carbocycles. The predicted octanol–water partition coefficient (Wildman–Crippen LogP) is 1.31. The summed E-state index contributed by atoms with van der Waals surface area (Å²) in [7, 11) is 1.90. The number of nitrogens with one attached hydrogen (secondary N) is 1. The molecule has 0 aliphatic carbocycles. The minimum absolute atomic E-state index is 0.110. The third-order valence-electron chi connectivity index (χ3n) is 3.10. The summed E-state index contributed by atoms with van der Waals surface area (Å²) in [4.78, 5) is 0. The molecule has 17 heavy (non-hydrogen) atoms. The van der Waals surface area contributed by atoms with Gasteiger partial charge in [-0.15, -0.1) is 0 Å². The third-order valence-corrected chi connectivity index (χ3v) is 3.10. The van der Waals surface area contributed by atoms with Gasteiger partial charge in [-0.2, -0.15) is 5.26 Å². The van der Waals surface area contributed by atoms with Crippen LogP contribution in [-0.4, -0.2) is 22.8 Å². The lowest BCUT2D eigenvalue weighted by molar-refractivity contribution is 0.156. The Labute approximate surface area is 103 Å². The number of nitrogens with zero attached hydrogens (tertiary/aromatic N) is 2. The van der Waals surface area contributed by atoms with E-state index in [1.807, 2.05) is 38.5 Å². The van der Waals surface area contributed by atoms with Crippen LogP contribution in [0.2, 0.25) is 0 Å². The highest BCUT2D eigenvalue weighted by Crippen LogP contribution is 2.15. The van der Waals surface area contributed by atoms with Crippen LogP contribution in [0.5, 0.6) is 0 Å². The maximum Gasteiger partial charge on any atom is 0.120 e. The van der Waals surface area contributed by atoms with Crippen LogP contribution in [0.1, 0.15) is 30.8 Å². The van der Waals surface area contributed by atoms with Crippen LogP contribution in [0.25, 0.3) is 0 Å². The first-order chi connectivity index (χ1) is 7.91. The maximum absolute atomic E-state index is 9.14. The summed E-state index contributed by atoms with van der Waals surface area (Å²) < 4.78 is 1.90. The Hall–Kier alpha value is -1.31. The van der Waals surface area contributed by atoms with Crippen molar-refractivity contribution in [1.29, 1.82) is 5.26 Å². The van der Waals surface area contributed by atoms with Crippen LogP contribution in [0.3, 0.4) is 0 Å². The fraction of sp³-hybridized carbons (Fsp3) is 0.615. The molecule has 0 radical (unpaired) electrons. The molecule has 0 saturated carbocycles. The first-order valence-corrected chi connectivity index (χ1v) is 5.78. The van der Waals surface area contributed by atoms with Gasteiger partial charge in [0, 0.05) is 37.9 Å². The molecule has 1 aromatic heterocycles. The van der Waals surface area contributed by atoms with Crippen molar-refractivity contribution in [3.63, 3.8) is 0 Å². The van der Waals surface area contributed by atoms with Gasteiger partial charge >= 0.3 is 0 Å². The fourth-order valence-corrected chi connectivity index (χ4v) is 1.64. The zero-order valence-corrected chi connectivity index (χ0v) is 11.0. The molecule has 2 N–H and O–H groups in total. The summed E-state index contributed by atoms with van der Waals surface area (Å²) in [6.45, 7) is 7.67. The molecule has 0 fully saturated rings. The second kappa shape index (κ2) is 5.35. The zero-order chi connectivity index (χ0) is 13.1. The zero-order valence-electron chi connectivity index (χ0n) is 11.0. The van der Waals surface area contributed by atoms with Crippen molar-refractivity contribution in [2.24, 2.45) is 12.5 Å². The van der Waals surface area contributed by atoms with E-state index in [-0.39, 0.29) is 12.0 Å². The molecule has 94 valence electrons. The van der Waals surface area contributed by atoms with Gasteiger partial charge in [-0.25, -0.2) is 0 Å². The van der Waals surface area contributed by atoms with E-state index in [9.17, 15) is 0 Å². The number of aromatic nitrogens is 1. The molecular formula is C13H21N3O. The fourth-order valence-electron chi connectivity index (χ4n) is 1.64. The molecule has 0 aliphatic heterocycles. The Bertz CT molecular complexity index is 427. The minimum atomic E-state index is -0.110. The number of hydrogen-bond acceptors (Lipinski definition) is 3. The molecule has 4 nitrogen and oxygen atoms in total. The van der Waals surface area contributed by atoms with Gasteiger partial charge in [0.2, 0.25) is 0 Å². The molecule has 1 heterocycles. The van der Waals surface area contributed by atoms with Crippen LogP contribution >= 0.6 is 0 Å². The number of aliphatic hydroxyl groups is 1. The second-order valence-corrected chi connectivity index (χ2v) is 5.24. The second-order valence-electron chi connectivity index (χ2n) is 5.24. The minimum Gasteiger partial charge on any atom is -0.396 e. The SMILES string of the molecule is Cc1c(CNCC(C)(C)CO)cc(C#N)n1C. The van der Waals surface area contributed by atoms with Gasteiger partial charge in [-0.05, 0) is 18.6 Å². The van der Waals surface area contributed by atoms with Crippen LogP contribution in [0.15, 0.2) is 6.07 Å². The number of rotatable bonds is 5. The van der Waals surface area contributed by atoms with Gasteiger partial charge in [0.05, 0.1) is 0 Å². The average molecular weight is 235 g/mol. The number of nitriles is 1. The average Bonchev–Trinajstić information content (AvgIpc) is 2.57. The Morgan fingerprint density at radius 3 is 2.65 bits per heavy atom. The van der Waals surface area contributed by atoms with Gasteiger partial charge in [0.15, 0.2) is 0 Å². The maximum atomic E-state index is 9.14. The molecule has 0 bridgehead atoms. The lowest BCUT2D eigenvalue weighted by atomic mass is 9.95. The first kappa shape index (κ1) is 13.8. The molecule has 0 unspecified atom stereocenters. The predicted molar refractivity (Wildman–Crippen MR) is 67.4 cm³/mol. The Morgan fingerprint density at radius 1 is 1.53 bits per heavy atom. The molecule has 1 rings (SSSR count). The van der Waals surface area contributed by atoms with E-state index in [1.54, 1.807) is 0 Å². The molecule has 0 atom stereocenters. The summed E-state index contributed by atoms with van der Waals surface area (Å²) >= 11 is 0. The van der Waals surface area contributed by atoms with E-state index in [0.29, 0.717) is 5.69 Å². The normalized spacial score (nSPS) is 11.5.